The number of ether oxygens (including phenoxy) is 1. The van der Waals surface area contributed by atoms with Crippen LogP contribution in [-0.2, 0) is 4.79 Å². The first-order valence-electron chi connectivity index (χ1n) is 5.32. The summed E-state index contributed by atoms with van der Waals surface area (Å²) in [6.07, 6.45) is -4.41. The summed E-state index contributed by atoms with van der Waals surface area (Å²) in [7, 11) is 0. The number of benzene rings is 1. The minimum atomic E-state index is -4.41. The molecule has 0 saturated carbocycles. The van der Waals surface area contributed by atoms with E-state index in [1.807, 2.05) is 19.9 Å². The minimum absolute atomic E-state index is 0.430. The lowest BCUT2D eigenvalue weighted by molar-refractivity contribution is -0.139. The lowest BCUT2D eigenvalue weighted by atomic mass is 10.1. The maximum absolute atomic E-state index is 11.8. The van der Waals surface area contributed by atoms with E-state index in [-0.39, 0.29) is 0 Å². The van der Waals surface area contributed by atoms with Crippen molar-refractivity contribution in [3.63, 3.8) is 0 Å². The van der Waals surface area contributed by atoms with Gasteiger partial charge in [0.05, 0.1) is 0 Å². The zero-order valence-electron chi connectivity index (χ0n) is 10.1. The van der Waals surface area contributed by atoms with Crippen LogP contribution in [0.3, 0.4) is 0 Å². The smallest absolute Gasteiger partial charge is 0.405 e. The molecule has 1 rings (SSSR count). The van der Waals surface area contributed by atoms with Gasteiger partial charge in [-0.15, -0.1) is 0 Å². The number of halogens is 3. The Kier molecular flexibility index (Phi) is 4.58. The molecule has 18 heavy (non-hydrogen) atoms. The average molecular weight is 261 g/mol. The zero-order chi connectivity index (χ0) is 13.8. The van der Waals surface area contributed by atoms with Crippen molar-refractivity contribution in [1.82, 2.24) is 5.32 Å². The molecule has 0 bridgehead atoms. The van der Waals surface area contributed by atoms with Gasteiger partial charge < -0.3 is 10.1 Å². The molecule has 0 aliphatic heterocycles. The number of alkyl halides is 3. The molecule has 6 heteroatoms. The largest absolute Gasteiger partial charge is 0.483 e. The van der Waals surface area contributed by atoms with Crippen molar-refractivity contribution in [3.05, 3.63) is 29.3 Å². The third kappa shape index (κ3) is 4.65. The lowest BCUT2D eigenvalue weighted by Crippen LogP contribution is -2.36. The van der Waals surface area contributed by atoms with Crippen molar-refractivity contribution < 1.29 is 22.7 Å². The Hall–Kier alpha value is -1.72. The summed E-state index contributed by atoms with van der Waals surface area (Å²) in [6.45, 7) is 1.92. The van der Waals surface area contributed by atoms with E-state index in [4.69, 9.17) is 4.74 Å². The summed E-state index contributed by atoms with van der Waals surface area (Å²) >= 11 is 0. The average Bonchev–Trinajstić information content (AvgIpc) is 2.27. The Balaban J connectivity index is 2.46. The number of amides is 1. The number of carbonyl (C=O) groups excluding carboxylic acids is 1. The lowest BCUT2D eigenvalue weighted by Gasteiger charge is -2.11. The molecule has 0 aromatic heterocycles. The molecule has 3 nitrogen and oxygen atoms in total. The Bertz CT molecular complexity index is 430. The molecule has 1 aromatic carbocycles. The van der Waals surface area contributed by atoms with E-state index in [2.05, 4.69) is 0 Å². The van der Waals surface area contributed by atoms with E-state index in [1.54, 1.807) is 17.4 Å². The van der Waals surface area contributed by atoms with Crippen LogP contribution in [0, 0.1) is 13.8 Å². The molecule has 100 valence electrons. The number of nitrogens with one attached hydrogen (secondary N) is 1. The second-order valence-electron chi connectivity index (χ2n) is 3.88. The highest BCUT2D eigenvalue weighted by Gasteiger charge is 2.27. The van der Waals surface area contributed by atoms with Crippen molar-refractivity contribution in [3.8, 4) is 5.75 Å². The van der Waals surface area contributed by atoms with Gasteiger partial charge in [-0.2, -0.15) is 13.2 Å². The normalized spacial score (nSPS) is 11.2. The fourth-order valence-electron chi connectivity index (χ4n) is 1.27. The number of aryl methyl sites for hydroxylation is 1. The molecule has 0 atom stereocenters. The summed E-state index contributed by atoms with van der Waals surface area (Å²) < 4.78 is 40.7. The maximum atomic E-state index is 11.8. The molecular weight excluding hydrogens is 247 g/mol. The molecule has 0 aliphatic carbocycles. The van der Waals surface area contributed by atoms with Crippen LogP contribution in [0.25, 0.3) is 0 Å². The van der Waals surface area contributed by atoms with Gasteiger partial charge in [0, 0.05) is 0 Å². The van der Waals surface area contributed by atoms with Crippen LogP contribution in [-0.4, -0.2) is 25.2 Å². The fourth-order valence-corrected chi connectivity index (χ4v) is 1.27. The first-order chi connectivity index (χ1) is 8.29. The summed E-state index contributed by atoms with van der Waals surface area (Å²) in [4.78, 5) is 11.1. The summed E-state index contributed by atoms with van der Waals surface area (Å²) in [5, 5.41) is 1.74. The fraction of sp³-hybridized carbons (Fsp3) is 0.417. The number of carbonyl (C=O) groups is 1. The van der Waals surface area contributed by atoms with Gasteiger partial charge in [-0.3, -0.25) is 4.79 Å². The highest BCUT2D eigenvalue weighted by molar-refractivity contribution is 5.77. The summed E-state index contributed by atoms with van der Waals surface area (Å²) in [5.74, 6) is -0.301. The van der Waals surface area contributed by atoms with Crippen LogP contribution < -0.4 is 10.1 Å². The molecular formula is C12H14F3NO2. The van der Waals surface area contributed by atoms with Gasteiger partial charge in [-0.25, -0.2) is 0 Å². The SMILES string of the molecule is Cc1cccc(OCC(=O)NCC(F)(F)F)c1C. The van der Waals surface area contributed by atoms with Gasteiger partial charge in [0.25, 0.3) is 5.91 Å². The first-order valence-corrected chi connectivity index (χ1v) is 5.32. The van der Waals surface area contributed by atoms with E-state index in [0.717, 1.165) is 11.1 Å². The van der Waals surface area contributed by atoms with E-state index in [1.165, 1.54) is 0 Å². The molecule has 0 unspecified atom stereocenters. The minimum Gasteiger partial charge on any atom is -0.483 e. The van der Waals surface area contributed by atoms with E-state index in [0.29, 0.717) is 5.75 Å². The third-order valence-electron chi connectivity index (χ3n) is 2.40. The van der Waals surface area contributed by atoms with Crippen molar-refractivity contribution >= 4 is 5.91 Å². The summed E-state index contributed by atoms with van der Waals surface area (Å²) in [6, 6.07) is 5.30. The van der Waals surface area contributed by atoms with Gasteiger partial charge in [-0.05, 0) is 31.0 Å². The first kappa shape index (κ1) is 14.3. The van der Waals surface area contributed by atoms with E-state index in [9.17, 15) is 18.0 Å². The van der Waals surface area contributed by atoms with Crippen molar-refractivity contribution in [2.24, 2.45) is 0 Å². The standard InChI is InChI=1S/C12H14F3NO2/c1-8-4-3-5-10(9(8)2)18-6-11(17)16-7-12(13,14)15/h3-5H,6-7H2,1-2H3,(H,16,17). The van der Waals surface area contributed by atoms with Gasteiger partial charge in [-0.1, -0.05) is 12.1 Å². The topological polar surface area (TPSA) is 38.3 Å². The number of hydrogen-bond acceptors (Lipinski definition) is 2. The van der Waals surface area contributed by atoms with Crippen LogP contribution in [0.1, 0.15) is 11.1 Å². The summed E-state index contributed by atoms with van der Waals surface area (Å²) in [5.41, 5.74) is 1.85. The molecule has 0 heterocycles. The molecule has 1 aromatic rings. The monoisotopic (exact) mass is 261 g/mol. The Morgan fingerprint density at radius 2 is 2.00 bits per heavy atom. The second kappa shape index (κ2) is 5.75. The Morgan fingerprint density at radius 3 is 2.61 bits per heavy atom. The quantitative estimate of drug-likeness (QED) is 0.903. The van der Waals surface area contributed by atoms with Crippen LogP contribution in [0.2, 0.25) is 0 Å². The molecule has 0 spiro atoms. The third-order valence-corrected chi connectivity index (χ3v) is 2.40. The van der Waals surface area contributed by atoms with E-state index < -0.39 is 25.2 Å². The Labute approximate surface area is 103 Å². The van der Waals surface area contributed by atoms with E-state index >= 15 is 0 Å². The molecule has 0 fully saturated rings. The van der Waals surface area contributed by atoms with Crippen molar-refractivity contribution in [2.45, 2.75) is 20.0 Å². The molecule has 0 radical (unpaired) electrons. The zero-order valence-corrected chi connectivity index (χ0v) is 10.1. The second-order valence-corrected chi connectivity index (χ2v) is 3.88. The van der Waals surface area contributed by atoms with Gasteiger partial charge >= 0.3 is 6.18 Å². The Morgan fingerprint density at radius 1 is 1.33 bits per heavy atom. The number of rotatable bonds is 4. The van der Waals surface area contributed by atoms with Crippen molar-refractivity contribution in [1.29, 1.82) is 0 Å². The predicted octanol–water partition coefficient (Wildman–Crippen LogP) is 2.36. The molecule has 1 amide bonds. The molecule has 1 N–H and O–H groups in total. The van der Waals surface area contributed by atoms with Crippen LogP contribution >= 0.6 is 0 Å². The van der Waals surface area contributed by atoms with Gasteiger partial charge in [0.15, 0.2) is 6.61 Å². The highest BCUT2D eigenvalue weighted by atomic mass is 19.4. The van der Waals surface area contributed by atoms with Gasteiger partial charge in [0.2, 0.25) is 0 Å². The molecule has 0 aliphatic rings. The van der Waals surface area contributed by atoms with Crippen LogP contribution in [0.15, 0.2) is 18.2 Å². The molecule has 0 saturated heterocycles. The number of hydrogen-bond donors (Lipinski definition) is 1. The maximum Gasteiger partial charge on any atom is 0.405 e. The van der Waals surface area contributed by atoms with Gasteiger partial charge in [0.1, 0.15) is 12.3 Å². The van der Waals surface area contributed by atoms with Crippen LogP contribution in [0.5, 0.6) is 5.75 Å². The van der Waals surface area contributed by atoms with Crippen molar-refractivity contribution in [2.75, 3.05) is 13.2 Å². The van der Waals surface area contributed by atoms with Crippen LogP contribution in [0.4, 0.5) is 13.2 Å². The predicted molar refractivity (Wildman–Crippen MR) is 60.5 cm³/mol. The highest BCUT2D eigenvalue weighted by Crippen LogP contribution is 2.20.